The summed E-state index contributed by atoms with van der Waals surface area (Å²) in [6.07, 6.45) is 2.65. The van der Waals surface area contributed by atoms with Gasteiger partial charge in [-0.1, -0.05) is 11.6 Å². The zero-order valence-electron chi connectivity index (χ0n) is 12.6. The van der Waals surface area contributed by atoms with Gasteiger partial charge in [-0.25, -0.2) is 0 Å². The van der Waals surface area contributed by atoms with E-state index >= 15 is 0 Å². The molecule has 3 heterocycles. The molecule has 0 radical (unpaired) electrons. The normalized spacial score (nSPS) is 18.5. The van der Waals surface area contributed by atoms with Crippen molar-refractivity contribution in [1.82, 2.24) is 25.4 Å². The number of benzene rings is 1. The van der Waals surface area contributed by atoms with Crippen LogP contribution < -0.4 is 5.32 Å². The van der Waals surface area contributed by atoms with Crippen LogP contribution in [0, 0.1) is 6.92 Å². The molecule has 6 nitrogen and oxygen atoms in total. The molecule has 1 aliphatic rings. The molecule has 1 atom stereocenters. The molecule has 1 saturated heterocycles. The second kappa shape index (κ2) is 5.62. The van der Waals surface area contributed by atoms with Crippen molar-refractivity contribution in [2.24, 2.45) is 0 Å². The van der Waals surface area contributed by atoms with Crippen LogP contribution in [0.3, 0.4) is 0 Å². The van der Waals surface area contributed by atoms with E-state index in [2.05, 4.69) is 52.0 Å². The molecule has 0 aliphatic carbocycles. The first-order valence-electron chi connectivity index (χ1n) is 7.74. The number of tetrazole rings is 1. The van der Waals surface area contributed by atoms with Crippen LogP contribution in [0.5, 0.6) is 0 Å². The summed E-state index contributed by atoms with van der Waals surface area (Å²) in [5.41, 5.74) is 4.20. The summed E-state index contributed by atoms with van der Waals surface area (Å²) in [7, 11) is 0. The van der Waals surface area contributed by atoms with Crippen LogP contribution in [0.2, 0.25) is 0 Å². The second-order valence-electron chi connectivity index (χ2n) is 5.91. The highest BCUT2D eigenvalue weighted by Gasteiger charge is 2.15. The predicted molar refractivity (Wildman–Crippen MR) is 83.7 cm³/mol. The summed E-state index contributed by atoms with van der Waals surface area (Å²) in [5, 5.41) is 16.8. The largest absolute Gasteiger partial charge is 0.377 e. The minimum absolute atomic E-state index is 0.342. The van der Waals surface area contributed by atoms with E-state index in [1.165, 1.54) is 12.0 Å². The van der Waals surface area contributed by atoms with Gasteiger partial charge in [0.05, 0.1) is 11.6 Å². The number of fused-ring (bicyclic) bond motifs is 3. The lowest BCUT2D eigenvalue weighted by molar-refractivity contribution is 0.110. The Morgan fingerprint density at radius 1 is 1.36 bits per heavy atom. The molecule has 1 aromatic carbocycles. The monoisotopic (exact) mass is 297 g/mol. The van der Waals surface area contributed by atoms with Gasteiger partial charge in [-0.05, 0) is 48.4 Å². The average molecular weight is 297 g/mol. The van der Waals surface area contributed by atoms with Crippen LogP contribution in [-0.4, -0.2) is 39.3 Å². The van der Waals surface area contributed by atoms with Gasteiger partial charge in [-0.15, -0.1) is 5.10 Å². The molecule has 2 aromatic heterocycles. The topological polar surface area (TPSA) is 64.3 Å². The number of nitrogens with zero attached hydrogens (tertiary/aromatic N) is 4. The Morgan fingerprint density at radius 3 is 3.18 bits per heavy atom. The van der Waals surface area contributed by atoms with Crippen LogP contribution in [0.25, 0.3) is 16.6 Å². The first-order chi connectivity index (χ1) is 10.8. The lowest BCUT2D eigenvalue weighted by atomic mass is 10.1. The number of rotatable bonds is 4. The molecule has 1 aliphatic heterocycles. The number of pyridine rings is 1. The van der Waals surface area contributed by atoms with Crippen molar-refractivity contribution in [1.29, 1.82) is 0 Å². The number of aryl methyl sites for hydroxylation is 1. The van der Waals surface area contributed by atoms with Crippen molar-refractivity contribution < 1.29 is 4.74 Å². The Kier molecular flexibility index (Phi) is 3.48. The molecule has 0 amide bonds. The average Bonchev–Trinajstić information content (AvgIpc) is 3.18. The van der Waals surface area contributed by atoms with Gasteiger partial charge in [0.15, 0.2) is 5.65 Å². The molecule has 4 rings (SSSR count). The maximum Gasteiger partial charge on any atom is 0.184 e. The lowest BCUT2D eigenvalue weighted by Crippen LogP contribution is -2.26. The molecule has 0 saturated carbocycles. The third kappa shape index (κ3) is 2.44. The zero-order chi connectivity index (χ0) is 14.9. The standard InChI is InChI=1S/C16H19N5O/c1-11-4-5-15-12(7-11)8-13(16-18-19-20-21(15)16)9-17-10-14-3-2-6-22-14/h4-5,7-8,14,17H,2-3,6,9-10H2,1H3/t14-/m0/s1. The van der Waals surface area contributed by atoms with Crippen LogP contribution >= 0.6 is 0 Å². The molecule has 0 spiro atoms. The third-order valence-electron chi connectivity index (χ3n) is 4.21. The van der Waals surface area contributed by atoms with E-state index in [0.29, 0.717) is 6.10 Å². The summed E-state index contributed by atoms with van der Waals surface area (Å²) in [6.45, 7) is 4.60. The molecule has 1 N–H and O–H groups in total. The first kappa shape index (κ1) is 13.6. The quantitative estimate of drug-likeness (QED) is 0.796. The summed E-state index contributed by atoms with van der Waals surface area (Å²) in [6, 6.07) is 8.49. The van der Waals surface area contributed by atoms with Gasteiger partial charge >= 0.3 is 0 Å². The van der Waals surface area contributed by atoms with Gasteiger partial charge in [0.1, 0.15) is 0 Å². The fraction of sp³-hybridized carbons (Fsp3) is 0.438. The van der Waals surface area contributed by atoms with Gasteiger partial charge in [-0.3, -0.25) is 0 Å². The number of aromatic nitrogens is 4. The minimum atomic E-state index is 0.342. The molecule has 22 heavy (non-hydrogen) atoms. The van der Waals surface area contributed by atoms with E-state index in [9.17, 15) is 0 Å². The highest BCUT2D eigenvalue weighted by molar-refractivity contribution is 5.83. The minimum Gasteiger partial charge on any atom is -0.377 e. The van der Waals surface area contributed by atoms with E-state index in [-0.39, 0.29) is 0 Å². The zero-order valence-corrected chi connectivity index (χ0v) is 12.6. The SMILES string of the molecule is Cc1ccc2c(c1)cc(CNC[C@@H]1CCCO1)c1nnnn12. The van der Waals surface area contributed by atoms with E-state index < -0.39 is 0 Å². The Morgan fingerprint density at radius 2 is 2.32 bits per heavy atom. The Hall–Kier alpha value is -2.05. The van der Waals surface area contributed by atoms with Crippen LogP contribution in [0.1, 0.15) is 24.0 Å². The van der Waals surface area contributed by atoms with E-state index in [4.69, 9.17) is 4.74 Å². The lowest BCUT2D eigenvalue weighted by Gasteiger charge is -2.12. The smallest absolute Gasteiger partial charge is 0.184 e. The van der Waals surface area contributed by atoms with Crippen molar-refractivity contribution in [3.05, 3.63) is 35.4 Å². The van der Waals surface area contributed by atoms with Crippen molar-refractivity contribution in [2.45, 2.75) is 32.4 Å². The summed E-state index contributed by atoms with van der Waals surface area (Å²) >= 11 is 0. The highest BCUT2D eigenvalue weighted by atomic mass is 16.5. The first-order valence-corrected chi connectivity index (χ1v) is 7.74. The van der Waals surface area contributed by atoms with Crippen LogP contribution in [-0.2, 0) is 11.3 Å². The van der Waals surface area contributed by atoms with Gasteiger partial charge in [0.25, 0.3) is 0 Å². The fourth-order valence-electron chi connectivity index (χ4n) is 3.09. The summed E-state index contributed by atoms with van der Waals surface area (Å²) in [4.78, 5) is 0. The number of ether oxygens (including phenoxy) is 1. The van der Waals surface area contributed by atoms with Gasteiger partial charge in [0.2, 0.25) is 0 Å². The van der Waals surface area contributed by atoms with E-state index in [1.807, 2.05) is 4.52 Å². The van der Waals surface area contributed by atoms with Gasteiger partial charge in [0, 0.05) is 30.6 Å². The fourth-order valence-corrected chi connectivity index (χ4v) is 3.09. The maximum absolute atomic E-state index is 5.64. The number of hydrogen-bond acceptors (Lipinski definition) is 5. The van der Waals surface area contributed by atoms with Crippen molar-refractivity contribution in [3.8, 4) is 0 Å². The van der Waals surface area contributed by atoms with Crippen LogP contribution in [0.4, 0.5) is 0 Å². The van der Waals surface area contributed by atoms with Crippen molar-refractivity contribution in [3.63, 3.8) is 0 Å². The molecular formula is C16H19N5O. The van der Waals surface area contributed by atoms with Crippen molar-refractivity contribution >= 4 is 16.6 Å². The maximum atomic E-state index is 5.64. The molecule has 0 bridgehead atoms. The van der Waals surface area contributed by atoms with Gasteiger partial charge < -0.3 is 10.1 Å². The molecular weight excluding hydrogens is 278 g/mol. The molecule has 114 valence electrons. The van der Waals surface area contributed by atoms with E-state index in [0.717, 1.165) is 48.2 Å². The number of nitrogens with one attached hydrogen (secondary N) is 1. The predicted octanol–water partition coefficient (Wildman–Crippen LogP) is 1.85. The van der Waals surface area contributed by atoms with Crippen LogP contribution in [0.15, 0.2) is 24.3 Å². The summed E-state index contributed by atoms with van der Waals surface area (Å²) in [5.74, 6) is 0. The molecule has 0 unspecified atom stereocenters. The second-order valence-corrected chi connectivity index (χ2v) is 5.91. The highest BCUT2D eigenvalue weighted by Crippen LogP contribution is 2.20. The Labute approximate surface area is 128 Å². The molecule has 6 heteroatoms. The molecule has 1 fully saturated rings. The van der Waals surface area contributed by atoms with Gasteiger partial charge in [-0.2, -0.15) is 4.52 Å². The van der Waals surface area contributed by atoms with Crippen molar-refractivity contribution in [2.75, 3.05) is 13.2 Å². The number of hydrogen-bond donors (Lipinski definition) is 1. The molecule has 3 aromatic rings. The van der Waals surface area contributed by atoms with E-state index in [1.54, 1.807) is 0 Å². The third-order valence-corrected chi connectivity index (χ3v) is 4.21. The Bertz CT molecular complexity index is 807. The summed E-state index contributed by atoms with van der Waals surface area (Å²) < 4.78 is 7.46. The Balaban J connectivity index is 1.64.